The van der Waals surface area contributed by atoms with Crippen molar-refractivity contribution in [2.45, 2.75) is 35.5 Å². The Kier molecular flexibility index (Phi) is 10.8. The monoisotopic (exact) mass is 549 g/mol. The molecular weight excluding hydrogens is 526 g/mol. The smallest absolute Gasteiger partial charge is 0.318 e. The van der Waals surface area contributed by atoms with E-state index < -0.39 is 17.9 Å². The molecule has 0 radical (unpaired) electrons. The Morgan fingerprint density at radius 2 is 1.05 bits per heavy atom. The molecule has 0 amide bonds. The molecule has 0 unspecified atom stereocenters. The van der Waals surface area contributed by atoms with Gasteiger partial charge in [-0.1, -0.05) is 87.5 Å². The molecule has 0 aliphatic heterocycles. The van der Waals surface area contributed by atoms with Crippen LogP contribution in [0.5, 0.6) is 0 Å². The molecule has 0 saturated carbocycles. The number of thioether (sulfide) groups is 1. The highest BCUT2D eigenvalue weighted by molar-refractivity contribution is 8.16. The van der Waals surface area contributed by atoms with Gasteiger partial charge < -0.3 is 14.5 Å². The molecule has 9 nitrogen and oxygen atoms in total. The van der Waals surface area contributed by atoms with Crippen LogP contribution in [-0.2, 0) is 28.9 Å². The molecule has 3 rings (SSSR count). The molecule has 3 aromatic carbocycles. The molecule has 3 aromatic rings. The van der Waals surface area contributed by atoms with Gasteiger partial charge in [-0.15, -0.1) is 0 Å². The molecule has 0 aliphatic carbocycles. The summed E-state index contributed by atoms with van der Waals surface area (Å²) in [4.78, 5) is 52.4. The SMILES string of the molecule is CC(=O)O/N=C(C(=N/OC(C)=O)\Sc1ccccc1)/C(=N/OC(C)=O)c1ccc(Sc2ccccc2)cc1. The molecule has 11 heteroatoms. The summed E-state index contributed by atoms with van der Waals surface area (Å²) in [7, 11) is 0. The summed E-state index contributed by atoms with van der Waals surface area (Å²) in [6.45, 7) is 3.55. The van der Waals surface area contributed by atoms with Crippen molar-refractivity contribution in [1.82, 2.24) is 0 Å². The first kappa shape index (κ1) is 28.4. The number of rotatable bonds is 9. The predicted molar refractivity (Wildman–Crippen MR) is 146 cm³/mol. The lowest BCUT2D eigenvalue weighted by Crippen LogP contribution is -2.25. The van der Waals surface area contributed by atoms with Crippen molar-refractivity contribution in [2.24, 2.45) is 15.5 Å². The maximum atomic E-state index is 11.6. The lowest BCUT2D eigenvalue weighted by atomic mass is 10.1. The zero-order chi connectivity index (χ0) is 27.3. The minimum absolute atomic E-state index is 0.0204. The summed E-state index contributed by atoms with van der Waals surface area (Å²) in [5.41, 5.74) is 0.394. The van der Waals surface area contributed by atoms with Gasteiger partial charge in [0.2, 0.25) is 0 Å². The standard InChI is InChI=1S/C27H23N3O6S2/c1-18(31)34-28-25(21-14-16-24(17-15-21)37-22-10-6-4-7-11-22)26(29-35-19(2)32)27(30-36-20(3)33)38-23-12-8-5-9-13-23/h4-17H,1-3H3/b28-25+,29-26-,30-27+. The van der Waals surface area contributed by atoms with E-state index in [9.17, 15) is 14.4 Å². The average Bonchev–Trinajstić information content (AvgIpc) is 2.90. The Hall–Kier alpha value is -4.22. The van der Waals surface area contributed by atoms with Crippen LogP contribution in [0.2, 0.25) is 0 Å². The minimum atomic E-state index is -0.708. The highest BCUT2D eigenvalue weighted by Gasteiger charge is 2.24. The lowest BCUT2D eigenvalue weighted by Gasteiger charge is -2.12. The lowest BCUT2D eigenvalue weighted by molar-refractivity contribution is -0.142. The summed E-state index contributed by atoms with van der Waals surface area (Å²) >= 11 is 2.64. The van der Waals surface area contributed by atoms with E-state index in [1.54, 1.807) is 36.0 Å². The summed E-state index contributed by atoms with van der Waals surface area (Å²) in [6, 6.07) is 26.1. The predicted octanol–water partition coefficient (Wildman–Crippen LogP) is 5.69. The third-order valence-corrected chi connectivity index (χ3v) is 6.26. The number of hydrogen-bond acceptors (Lipinski definition) is 11. The number of oxime groups is 3. The Labute approximate surface area is 227 Å². The zero-order valence-electron chi connectivity index (χ0n) is 20.7. The second kappa shape index (κ2) is 14.5. The maximum Gasteiger partial charge on any atom is 0.332 e. The van der Waals surface area contributed by atoms with Gasteiger partial charge in [-0.3, -0.25) is 0 Å². The molecule has 0 heterocycles. The third kappa shape index (κ3) is 9.34. The highest BCUT2D eigenvalue weighted by atomic mass is 32.2. The van der Waals surface area contributed by atoms with Crippen molar-refractivity contribution >= 4 is 57.9 Å². The molecule has 0 aromatic heterocycles. The molecule has 0 atom stereocenters. The zero-order valence-corrected chi connectivity index (χ0v) is 22.3. The van der Waals surface area contributed by atoms with Crippen LogP contribution in [0.25, 0.3) is 0 Å². The largest absolute Gasteiger partial charge is 0.332 e. The van der Waals surface area contributed by atoms with Crippen molar-refractivity contribution in [2.75, 3.05) is 0 Å². The second-order valence-corrected chi connectivity index (χ2v) is 9.59. The number of benzene rings is 3. The molecule has 38 heavy (non-hydrogen) atoms. The van der Waals surface area contributed by atoms with Crippen LogP contribution >= 0.6 is 23.5 Å². The van der Waals surface area contributed by atoms with E-state index in [0.717, 1.165) is 26.4 Å². The first-order valence-corrected chi connectivity index (χ1v) is 12.8. The molecule has 0 aliphatic rings. The summed E-state index contributed by atoms with van der Waals surface area (Å²) in [6.07, 6.45) is 0. The van der Waals surface area contributed by atoms with Crippen molar-refractivity contribution < 1.29 is 28.9 Å². The van der Waals surface area contributed by atoms with E-state index in [0.29, 0.717) is 5.56 Å². The van der Waals surface area contributed by atoms with E-state index in [4.69, 9.17) is 14.5 Å². The third-order valence-electron chi connectivity index (χ3n) is 4.28. The normalized spacial score (nSPS) is 12.0. The Balaban J connectivity index is 2.08. The molecule has 194 valence electrons. The highest BCUT2D eigenvalue weighted by Crippen LogP contribution is 2.28. The average molecular weight is 550 g/mol. The molecular formula is C27H23N3O6S2. The number of carbonyl (C=O) groups excluding carboxylic acids is 3. The van der Waals surface area contributed by atoms with Gasteiger partial charge in [0.25, 0.3) is 0 Å². The summed E-state index contributed by atoms with van der Waals surface area (Å²) in [5, 5.41) is 11.9. The van der Waals surface area contributed by atoms with E-state index in [-0.39, 0.29) is 16.5 Å². The van der Waals surface area contributed by atoms with Crippen LogP contribution in [0.4, 0.5) is 0 Å². The Morgan fingerprint density at radius 3 is 1.61 bits per heavy atom. The Bertz CT molecular complexity index is 1360. The molecule has 0 N–H and O–H groups in total. The summed E-state index contributed by atoms with van der Waals surface area (Å²) in [5.74, 6) is -2.07. The maximum absolute atomic E-state index is 11.6. The molecule has 0 fully saturated rings. The fourth-order valence-electron chi connectivity index (χ4n) is 2.76. The van der Waals surface area contributed by atoms with Crippen LogP contribution in [0.15, 0.2) is 115 Å². The van der Waals surface area contributed by atoms with Crippen LogP contribution in [0.1, 0.15) is 26.3 Å². The molecule has 0 spiro atoms. The van der Waals surface area contributed by atoms with Gasteiger partial charge in [-0.25, -0.2) is 14.4 Å². The van der Waals surface area contributed by atoms with Crippen molar-refractivity contribution in [3.63, 3.8) is 0 Å². The first-order chi connectivity index (χ1) is 18.3. The molecule has 0 bridgehead atoms. The van der Waals surface area contributed by atoms with Gasteiger partial charge in [0.1, 0.15) is 5.71 Å². The van der Waals surface area contributed by atoms with Crippen LogP contribution in [0, 0.1) is 0 Å². The van der Waals surface area contributed by atoms with Crippen LogP contribution in [-0.4, -0.2) is 34.4 Å². The first-order valence-electron chi connectivity index (χ1n) is 11.2. The Morgan fingerprint density at radius 1 is 0.579 bits per heavy atom. The second-order valence-electron chi connectivity index (χ2n) is 7.38. The topological polar surface area (TPSA) is 116 Å². The van der Waals surface area contributed by atoms with Gasteiger partial charge in [-0.2, -0.15) is 0 Å². The van der Waals surface area contributed by atoms with Crippen LogP contribution in [0.3, 0.4) is 0 Å². The minimum Gasteiger partial charge on any atom is -0.318 e. The number of nitrogens with zero attached hydrogens (tertiary/aromatic N) is 3. The van der Waals surface area contributed by atoms with Gasteiger partial charge in [-0.05, 0) is 36.4 Å². The van der Waals surface area contributed by atoms with Gasteiger partial charge in [0.15, 0.2) is 10.8 Å². The van der Waals surface area contributed by atoms with Crippen molar-refractivity contribution in [3.8, 4) is 0 Å². The quantitative estimate of drug-likeness (QED) is 0.110. The fourth-order valence-corrected chi connectivity index (χ4v) is 4.42. The number of hydrogen-bond donors (Lipinski definition) is 0. The van der Waals surface area contributed by atoms with Gasteiger partial charge in [0.05, 0.1) is 0 Å². The van der Waals surface area contributed by atoms with Crippen LogP contribution < -0.4 is 0 Å². The van der Waals surface area contributed by atoms with Gasteiger partial charge in [0, 0.05) is 41.0 Å². The van der Waals surface area contributed by atoms with E-state index in [1.807, 2.05) is 60.7 Å². The number of carbonyl (C=O) groups is 3. The fraction of sp³-hybridized carbons (Fsp3) is 0.111. The van der Waals surface area contributed by atoms with E-state index in [1.165, 1.54) is 20.8 Å². The van der Waals surface area contributed by atoms with E-state index in [2.05, 4.69) is 15.5 Å². The summed E-state index contributed by atoms with van der Waals surface area (Å²) < 4.78 is 0. The van der Waals surface area contributed by atoms with Crippen molar-refractivity contribution in [1.29, 1.82) is 0 Å². The van der Waals surface area contributed by atoms with Gasteiger partial charge >= 0.3 is 17.9 Å². The van der Waals surface area contributed by atoms with E-state index >= 15 is 0 Å². The molecule has 0 saturated heterocycles. The van der Waals surface area contributed by atoms with Crippen molar-refractivity contribution in [3.05, 3.63) is 90.5 Å².